The molecular formula is C30H34NOS+. The standard InChI is InChI=1S/C30H34NOS/c1-6-30(7-2)12-8-20(9-13-30)22-16-21-10-14-31(5)27-25-18(3)23-11-15-33-29(23)19(4)28(25)32-24(17-22)26(21)27/h10-11,14-17,20H,6-9,12-13H2,1-5H3/q+1. The lowest BCUT2D eigenvalue weighted by Gasteiger charge is -2.39. The molecule has 0 N–H and O–H groups in total. The van der Waals surface area contributed by atoms with Crippen LogP contribution in [0.2, 0.25) is 0 Å². The van der Waals surface area contributed by atoms with Gasteiger partial charge < -0.3 is 4.74 Å². The van der Waals surface area contributed by atoms with Crippen molar-refractivity contribution in [3.8, 4) is 22.8 Å². The number of fused-ring (bicyclic) bond motifs is 3. The second-order valence-corrected chi connectivity index (χ2v) is 11.4. The lowest BCUT2D eigenvalue weighted by atomic mass is 9.66. The summed E-state index contributed by atoms with van der Waals surface area (Å²) in [5.74, 6) is 2.74. The van der Waals surface area contributed by atoms with Crippen LogP contribution in [0.4, 0.5) is 0 Å². The molecule has 6 rings (SSSR count). The lowest BCUT2D eigenvalue weighted by Crippen LogP contribution is -2.32. The Morgan fingerprint density at radius 1 is 1.06 bits per heavy atom. The summed E-state index contributed by atoms with van der Waals surface area (Å²) in [6, 6.07) is 9.36. The third kappa shape index (κ3) is 3.01. The summed E-state index contributed by atoms with van der Waals surface area (Å²) in [6.07, 6.45) is 10.2. The zero-order chi connectivity index (χ0) is 22.9. The quantitative estimate of drug-likeness (QED) is 0.247. The molecule has 2 nitrogen and oxygen atoms in total. The van der Waals surface area contributed by atoms with E-state index < -0.39 is 0 Å². The molecule has 4 aromatic rings. The highest BCUT2D eigenvalue weighted by Gasteiger charge is 2.35. The fourth-order valence-electron chi connectivity index (χ4n) is 6.64. The molecule has 0 unspecified atom stereocenters. The normalized spacial score (nSPS) is 17.4. The first kappa shape index (κ1) is 21.2. The van der Waals surface area contributed by atoms with Crippen molar-refractivity contribution >= 4 is 32.2 Å². The third-order valence-corrected chi connectivity index (χ3v) is 10.1. The Morgan fingerprint density at radius 3 is 2.55 bits per heavy atom. The average Bonchev–Trinajstić information content (AvgIpc) is 3.34. The van der Waals surface area contributed by atoms with Crippen LogP contribution in [-0.4, -0.2) is 0 Å². The number of aromatic nitrogens is 1. The number of benzene rings is 2. The minimum atomic E-state index is 0.568. The van der Waals surface area contributed by atoms with Crippen LogP contribution in [0.25, 0.3) is 32.1 Å². The van der Waals surface area contributed by atoms with Crippen molar-refractivity contribution in [2.24, 2.45) is 12.5 Å². The molecule has 1 aliphatic heterocycles. The van der Waals surface area contributed by atoms with E-state index in [2.05, 4.69) is 75.2 Å². The van der Waals surface area contributed by atoms with Gasteiger partial charge in [0, 0.05) is 16.3 Å². The first-order valence-corrected chi connectivity index (χ1v) is 13.5. The Labute approximate surface area is 201 Å². The van der Waals surface area contributed by atoms with Gasteiger partial charge in [-0.25, -0.2) is 4.57 Å². The van der Waals surface area contributed by atoms with Crippen LogP contribution >= 0.6 is 11.3 Å². The minimum Gasteiger partial charge on any atom is -0.455 e. The van der Waals surface area contributed by atoms with Crippen molar-refractivity contribution in [3.05, 3.63) is 52.5 Å². The molecule has 1 saturated carbocycles. The molecule has 33 heavy (non-hydrogen) atoms. The number of hydrogen-bond acceptors (Lipinski definition) is 2. The van der Waals surface area contributed by atoms with E-state index in [0.29, 0.717) is 11.3 Å². The van der Waals surface area contributed by atoms with E-state index >= 15 is 0 Å². The highest BCUT2D eigenvalue weighted by Crippen LogP contribution is 2.53. The Hall–Kier alpha value is -2.39. The summed E-state index contributed by atoms with van der Waals surface area (Å²) in [7, 11) is 2.17. The number of thiophene rings is 1. The fourth-order valence-corrected chi connectivity index (χ4v) is 7.60. The van der Waals surface area contributed by atoms with E-state index in [1.165, 1.54) is 87.3 Å². The Balaban J connectivity index is 1.52. The first-order valence-electron chi connectivity index (χ1n) is 12.6. The molecular weight excluding hydrogens is 422 g/mol. The molecule has 0 amide bonds. The number of hydrogen-bond donors (Lipinski definition) is 0. The van der Waals surface area contributed by atoms with Crippen LogP contribution in [0.15, 0.2) is 35.8 Å². The van der Waals surface area contributed by atoms with Gasteiger partial charge in [0.2, 0.25) is 5.69 Å². The number of pyridine rings is 1. The predicted octanol–water partition coefficient (Wildman–Crippen LogP) is 8.73. The number of nitrogens with zero attached hydrogens (tertiary/aromatic N) is 1. The zero-order valence-corrected chi connectivity index (χ0v) is 21.4. The molecule has 170 valence electrons. The number of ether oxygens (including phenoxy) is 1. The van der Waals surface area contributed by atoms with Gasteiger partial charge in [-0.2, -0.15) is 0 Å². The van der Waals surface area contributed by atoms with E-state index in [4.69, 9.17) is 4.74 Å². The maximum Gasteiger partial charge on any atom is 0.228 e. The van der Waals surface area contributed by atoms with Crippen LogP contribution in [0.5, 0.6) is 11.5 Å². The van der Waals surface area contributed by atoms with Crippen molar-refractivity contribution in [1.82, 2.24) is 0 Å². The molecule has 1 aliphatic carbocycles. The van der Waals surface area contributed by atoms with E-state index in [9.17, 15) is 0 Å². The maximum atomic E-state index is 6.80. The molecule has 0 bridgehead atoms. The summed E-state index contributed by atoms with van der Waals surface area (Å²) in [5, 5.41) is 6.14. The molecule has 3 heterocycles. The van der Waals surface area contributed by atoms with Crippen LogP contribution in [0.1, 0.15) is 75.0 Å². The van der Waals surface area contributed by atoms with Crippen molar-refractivity contribution in [2.75, 3.05) is 0 Å². The van der Waals surface area contributed by atoms with E-state index in [1.807, 2.05) is 11.3 Å². The van der Waals surface area contributed by atoms with Gasteiger partial charge in [0.05, 0.1) is 10.9 Å². The molecule has 1 fully saturated rings. The highest BCUT2D eigenvalue weighted by molar-refractivity contribution is 7.17. The Morgan fingerprint density at radius 2 is 1.82 bits per heavy atom. The third-order valence-electron chi connectivity index (χ3n) is 9.04. The van der Waals surface area contributed by atoms with Gasteiger partial charge in [0.25, 0.3) is 0 Å². The van der Waals surface area contributed by atoms with Crippen LogP contribution in [-0.2, 0) is 7.05 Å². The molecule has 2 aromatic carbocycles. The van der Waals surface area contributed by atoms with Gasteiger partial charge >= 0.3 is 0 Å². The van der Waals surface area contributed by atoms with E-state index in [0.717, 1.165) is 11.5 Å². The average molecular weight is 457 g/mol. The molecule has 0 radical (unpaired) electrons. The molecule has 2 aliphatic rings. The Bertz CT molecular complexity index is 1400. The highest BCUT2D eigenvalue weighted by atomic mass is 32.1. The second-order valence-electron chi connectivity index (χ2n) is 10.5. The van der Waals surface area contributed by atoms with Crippen molar-refractivity contribution in [2.45, 2.75) is 72.1 Å². The summed E-state index contributed by atoms with van der Waals surface area (Å²) < 4.78 is 10.4. The van der Waals surface area contributed by atoms with Gasteiger partial charge in [-0.1, -0.05) is 32.8 Å². The maximum absolute atomic E-state index is 6.80. The monoisotopic (exact) mass is 456 g/mol. The molecule has 2 aromatic heterocycles. The Kier molecular flexibility index (Phi) is 4.85. The number of rotatable bonds is 3. The molecule has 0 spiro atoms. The SMILES string of the molecule is CCC1(CC)CCC(c2cc3c4c([n+](C)ccc4c2)-c2c(c(C)c4sccc4c2C)O3)CC1. The summed E-state index contributed by atoms with van der Waals surface area (Å²) >= 11 is 1.82. The van der Waals surface area contributed by atoms with E-state index in [1.54, 1.807) is 0 Å². The van der Waals surface area contributed by atoms with Gasteiger partial charge in [0.1, 0.15) is 18.5 Å². The summed E-state index contributed by atoms with van der Waals surface area (Å²) in [5.41, 5.74) is 7.19. The van der Waals surface area contributed by atoms with Crippen LogP contribution in [0, 0.1) is 19.3 Å². The topological polar surface area (TPSA) is 13.1 Å². The predicted molar refractivity (Wildman–Crippen MR) is 140 cm³/mol. The summed E-state index contributed by atoms with van der Waals surface area (Å²) in [4.78, 5) is 0. The number of aryl methyl sites for hydroxylation is 3. The molecule has 0 atom stereocenters. The van der Waals surface area contributed by atoms with Crippen molar-refractivity contribution < 1.29 is 9.30 Å². The van der Waals surface area contributed by atoms with Gasteiger partial charge in [-0.3, -0.25) is 0 Å². The largest absolute Gasteiger partial charge is 0.455 e. The van der Waals surface area contributed by atoms with Crippen molar-refractivity contribution in [3.63, 3.8) is 0 Å². The van der Waals surface area contributed by atoms with Crippen LogP contribution < -0.4 is 9.30 Å². The fraction of sp³-hybridized carbons (Fsp3) is 0.433. The minimum absolute atomic E-state index is 0.568. The van der Waals surface area contributed by atoms with Crippen molar-refractivity contribution in [1.29, 1.82) is 0 Å². The van der Waals surface area contributed by atoms with Gasteiger partial charge in [0.15, 0.2) is 6.20 Å². The zero-order valence-electron chi connectivity index (χ0n) is 20.5. The molecule has 3 heteroatoms. The molecule has 0 saturated heterocycles. The van der Waals surface area contributed by atoms with Gasteiger partial charge in [-0.05, 0) is 90.3 Å². The van der Waals surface area contributed by atoms with Crippen LogP contribution in [0.3, 0.4) is 0 Å². The summed E-state index contributed by atoms with van der Waals surface area (Å²) in [6.45, 7) is 9.24. The smallest absolute Gasteiger partial charge is 0.228 e. The lowest BCUT2D eigenvalue weighted by molar-refractivity contribution is -0.659. The van der Waals surface area contributed by atoms with Gasteiger partial charge in [-0.15, -0.1) is 11.3 Å². The van der Waals surface area contributed by atoms with E-state index in [-0.39, 0.29) is 0 Å². The first-order chi connectivity index (χ1) is 16.0. The second kappa shape index (κ2) is 7.56.